The fourth-order valence-electron chi connectivity index (χ4n) is 4.98. The van der Waals surface area contributed by atoms with Crippen LogP contribution in [0.2, 0.25) is 5.02 Å². The van der Waals surface area contributed by atoms with E-state index in [4.69, 9.17) is 11.6 Å². The Morgan fingerprint density at radius 1 is 1.10 bits per heavy atom. The van der Waals surface area contributed by atoms with Gasteiger partial charge in [0.15, 0.2) is 0 Å². The van der Waals surface area contributed by atoms with E-state index >= 15 is 0 Å². The van der Waals surface area contributed by atoms with Gasteiger partial charge < -0.3 is 15.2 Å². The third-order valence-electron chi connectivity index (χ3n) is 6.46. The lowest BCUT2D eigenvalue weighted by Crippen LogP contribution is -2.35. The Kier molecular flexibility index (Phi) is 4.90. The van der Waals surface area contributed by atoms with Gasteiger partial charge in [0.1, 0.15) is 11.5 Å². The molecule has 1 saturated heterocycles. The molecule has 158 valence electrons. The van der Waals surface area contributed by atoms with Crippen LogP contribution >= 0.6 is 11.6 Å². The quantitative estimate of drug-likeness (QED) is 0.590. The maximum Gasteiger partial charge on any atom is 0.433 e. The van der Waals surface area contributed by atoms with Crippen LogP contribution in [0.3, 0.4) is 0 Å². The number of alkyl halides is 3. The summed E-state index contributed by atoms with van der Waals surface area (Å²) in [5.74, 6) is 1.28. The number of para-hydroxylation sites is 1. The zero-order valence-electron chi connectivity index (χ0n) is 16.2. The van der Waals surface area contributed by atoms with Gasteiger partial charge in [0.2, 0.25) is 0 Å². The molecule has 0 bridgehead atoms. The molecular formula is C22H22ClF3N4. The third kappa shape index (κ3) is 3.54. The maximum absolute atomic E-state index is 13.0. The van der Waals surface area contributed by atoms with Crippen molar-refractivity contribution in [3.05, 3.63) is 58.9 Å². The Balaban J connectivity index is 1.27. The molecule has 1 aromatic carbocycles. The molecule has 3 aromatic rings. The van der Waals surface area contributed by atoms with E-state index in [2.05, 4.69) is 15.3 Å². The van der Waals surface area contributed by atoms with Crippen LogP contribution in [0.1, 0.15) is 24.2 Å². The Morgan fingerprint density at radius 2 is 1.93 bits per heavy atom. The van der Waals surface area contributed by atoms with Gasteiger partial charge in [-0.15, -0.1) is 0 Å². The predicted molar refractivity (Wildman–Crippen MR) is 112 cm³/mol. The van der Waals surface area contributed by atoms with Gasteiger partial charge >= 0.3 is 6.18 Å². The predicted octanol–water partition coefficient (Wildman–Crippen LogP) is 5.24. The Morgan fingerprint density at radius 3 is 2.73 bits per heavy atom. The number of nitrogens with zero attached hydrogens (tertiary/aromatic N) is 2. The van der Waals surface area contributed by atoms with Crippen molar-refractivity contribution >= 4 is 28.3 Å². The molecule has 0 unspecified atom stereocenters. The van der Waals surface area contributed by atoms with Crippen molar-refractivity contribution in [1.82, 2.24) is 15.3 Å². The zero-order chi connectivity index (χ0) is 20.9. The minimum Gasteiger partial charge on any atom is -0.356 e. The van der Waals surface area contributed by atoms with Crippen LogP contribution in [0, 0.1) is 11.8 Å². The number of anilines is 1. The number of hydrogen-bond acceptors (Lipinski definition) is 3. The van der Waals surface area contributed by atoms with Crippen molar-refractivity contribution in [2.24, 2.45) is 11.8 Å². The van der Waals surface area contributed by atoms with Gasteiger partial charge in [-0.25, -0.2) is 4.98 Å². The lowest BCUT2D eigenvalue weighted by atomic mass is 9.98. The molecule has 3 atom stereocenters. The average molecular weight is 435 g/mol. The van der Waals surface area contributed by atoms with E-state index in [1.165, 1.54) is 6.07 Å². The highest BCUT2D eigenvalue weighted by atomic mass is 35.5. The number of hydrogen-bond donors (Lipinski definition) is 2. The molecule has 1 saturated carbocycles. The number of rotatable bonds is 4. The molecule has 0 radical (unpaired) electrons. The minimum absolute atomic E-state index is 0.313. The van der Waals surface area contributed by atoms with E-state index in [0.29, 0.717) is 30.2 Å². The van der Waals surface area contributed by atoms with Crippen LogP contribution < -0.4 is 10.2 Å². The number of aromatic amines is 1. The van der Waals surface area contributed by atoms with Crippen LogP contribution in [-0.2, 0) is 12.7 Å². The second-order valence-electron chi connectivity index (χ2n) is 8.24. The minimum atomic E-state index is -4.42. The van der Waals surface area contributed by atoms with E-state index in [9.17, 15) is 13.2 Å². The van der Waals surface area contributed by atoms with Crippen molar-refractivity contribution in [1.29, 1.82) is 0 Å². The molecular weight excluding hydrogens is 413 g/mol. The van der Waals surface area contributed by atoms with E-state index in [1.54, 1.807) is 6.07 Å². The van der Waals surface area contributed by atoms with E-state index < -0.39 is 11.9 Å². The van der Waals surface area contributed by atoms with E-state index in [0.717, 1.165) is 53.6 Å². The first-order valence-corrected chi connectivity index (χ1v) is 10.6. The summed E-state index contributed by atoms with van der Waals surface area (Å²) >= 11 is 6.53. The topological polar surface area (TPSA) is 44.0 Å². The van der Waals surface area contributed by atoms with Crippen LogP contribution in [0.15, 0.2) is 42.5 Å². The summed E-state index contributed by atoms with van der Waals surface area (Å²) in [6.45, 7) is 2.12. The number of nitrogens with one attached hydrogen (secondary N) is 2. The molecule has 0 amide bonds. The SMILES string of the molecule is FC(F)(F)c1cccc(N2C[C@H]3CC[C@H](NCc4[nH]c5ccccc5c4Cl)[C@H]3C2)n1. The fraction of sp³-hybridized carbons (Fsp3) is 0.409. The first-order valence-electron chi connectivity index (χ1n) is 10.2. The van der Waals surface area contributed by atoms with E-state index in [-0.39, 0.29) is 0 Å². The summed E-state index contributed by atoms with van der Waals surface area (Å²) in [5, 5.41) is 5.40. The van der Waals surface area contributed by atoms with Crippen molar-refractivity contribution in [3.63, 3.8) is 0 Å². The molecule has 2 aliphatic rings. The summed E-state index contributed by atoms with van der Waals surface area (Å²) in [7, 11) is 0. The highest BCUT2D eigenvalue weighted by Gasteiger charge is 2.43. The van der Waals surface area contributed by atoms with E-state index in [1.807, 2.05) is 29.2 Å². The molecule has 2 fully saturated rings. The van der Waals surface area contributed by atoms with Gasteiger partial charge in [-0.3, -0.25) is 0 Å². The van der Waals surface area contributed by atoms with Crippen LogP contribution in [0.4, 0.5) is 19.0 Å². The molecule has 1 aliphatic carbocycles. The number of halogens is 4. The third-order valence-corrected chi connectivity index (χ3v) is 6.89. The number of benzene rings is 1. The normalized spacial score (nSPS) is 24.0. The highest BCUT2D eigenvalue weighted by Crippen LogP contribution is 2.40. The van der Waals surface area contributed by atoms with Crippen molar-refractivity contribution in [3.8, 4) is 0 Å². The lowest BCUT2D eigenvalue weighted by Gasteiger charge is -2.23. The molecule has 4 nitrogen and oxygen atoms in total. The van der Waals surface area contributed by atoms with Crippen molar-refractivity contribution in [2.75, 3.05) is 18.0 Å². The van der Waals surface area contributed by atoms with Gasteiger partial charge in [-0.1, -0.05) is 35.9 Å². The molecule has 5 rings (SSSR count). The standard InChI is InChI=1S/C22H22ClF3N4/c23-21-14-4-1-2-5-17(14)28-18(21)10-27-16-9-8-13-11-30(12-15(13)16)20-7-3-6-19(29-20)22(24,25)26/h1-7,13,15-16,27-28H,8-12H2/t13-,15+,16+/m1/s1. The summed E-state index contributed by atoms with van der Waals surface area (Å²) in [6, 6.07) is 12.4. The largest absolute Gasteiger partial charge is 0.433 e. The molecule has 2 N–H and O–H groups in total. The average Bonchev–Trinajstić information content (AvgIpc) is 3.40. The summed E-state index contributed by atoms with van der Waals surface area (Å²) in [6.07, 6.45) is -2.29. The van der Waals surface area contributed by atoms with Gasteiger partial charge in [-0.2, -0.15) is 13.2 Å². The van der Waals surface area contributed by atoms with Gasteiger partial charge in [0.05, 0.1) is 5.02 Å². The Labute approximate surface area is 177 Å². The molecule has 1 aliphatic heterocycles. The summed E-state index contributed by atoms with van der Waals surface area (Å²) in [5.41, 5.74) is 1.15. The van der Waals surface area contributed by atoms with Crippen molar-refractivity contribution in [2.45, 2.75) is 31.6 Å². The molecule has 2 aromatic heterocycles. The second-order valence-corrected chi connectivity index (χ2v) is 8.61. The summed E-state index contributed by atoms with van der Waals surface area (Å²) < 4.78 is 39.0. The highest BCUT2D eigenvalue weighted by molar-refractivity contribution is 6.36. The first-order chi connectivity index (χ1) is 14.4. The molecule has 8 heteroatoms. The fourth-order valence-corrected chi connectivity index (χ4v) is 5.26. The Bertz CT molecular complexity index is 1060. The number of pyridine rings is 1. The zero-order valence-corrected chi connectivity index (χ0v) is 17.0. The van der Waals surface area contributed by atoms with Crippen LogP contribution in [0.25, 0.3) is 10.9 Å². The van der Waals surface area contributed by atoms with Crippen molar-refractivity contribution < 1.29 is 13.2 Å². The number of H-pyrrole nitrogens is 1. The van der Waals surface area contributed by atoms with Gasteiger partial charge in [0.25, 0.3) is 0 Å². The molecule has 30 heavy (non-hydrogen) atoms. The van der Waals surface area contributed by atoms with Gasteiger partial charge in [0, 0.05) is 42.3 Å². The van der Waals surface area contributed by atoms with Crippen LogP contribution in [-0.4, -0.2) is 29.1 Å². The molecule has 3 heterocycles. The monoisotopic (exact) mass is 434 g/mol. The second kappa shape index (κ2) is 7.46. The van der Waals surface area contributed by atoms with Crippen LogP contribution in [0.5, 0.6) is 0 Å². The van der Waals surface area contributed by atoms with Gasteiger partial charge in [-0.05, 0) is 42.9 Å². The maximum atomic E-state index is 13.0. The lowest BCUT2D eigenvalue weighted by molar-refractivity contribution is -0.141. The first kappa shape index (κ1) is 19.7. The Hall–Kier alpha value is -2.25. The molecule has 0 spiro atoms. The summed E-state index contributed by atoms with van der Waals surface area (Å²) in [4.78, 5) is 9.24. The smallest absolute Gasteiger partial charge is 0.356 e. The number of aromatic nitrogens is 2. The number of fused-ring (bicyclic) bond motifs is 2.